The molecule has 1 atom stereocenters. The molecular weight excluding hydrogens is 398 g/mol. The van der Waals surface area contributed by atoms with Crippen molar-refractivity contribution in [1.29, 1.82) is 0 Å². The number of halogens is 3. The number of rotatable bonds is 3. The molecular formula is C23H17Cl2FO2. The molecule has 0 spiro atoms. The Morgan fingerprint density at radius 3 is 2.43 bits per heavy atom. The van der Waals surface area contributed by atoms with Gasteiger partial charge in [-0.05, 0) is 66.4 Å². The molecule has 1 heterocycles. The van der Waals surface area contributed by atoms with Crippen LogP contribution >= 0.6 is 23.2 Å². The quantitative estimate of drug-likeness (QED) is 0.486. The maximum absolute atomic E-state index is 13.3. The fraction of sp³-hybridized carbons (Fsp3) is 0.174. The zero-order valence-corrected chi connectivity index (χ0v) is 16.6. The lowest BCUT2D eigenvalue weighted by Gasteiger charge is -2.27. The summed E-state index contributed by atoms with van der Waals surface area (Å²) in [5.74, 6) is 0.00328. The topological polar surface area (TPSA) is 26.3 Å². The van der Waals surface area contributed by atoms with E-state index in [1.165, 1.54) is 12.1 Å². The number of hydrogen-bond acceptors (Lipinski definition) is 2. The van der Waals surface area contributed by atoms with Crippen molar-refractivity contribution < 1.29 is 13.9 Å². The Bertz CT molecular complexity index is 1060. The summed E-state index contributed by atoms with van der Waals surface area (Å²) in [4.78, 5) is 13.2. The molecule has 0 unspecified atom stereocenters. The van der Waals surface area contributed by atoms with Crippen molar-refractivity contribution in [3.8, 4) is 16.9 Å². The van der Waals surface area contributed by atoms with Crippen LogP contribution in [0.1, 0.15) is 21.5 Å². The second kappa shape index (κ2) is 7.57. The molecule has 0 radical (unpaired) electrons. The van der Waals surface area contributed by atoms with E-state index < -0.39 is 0 Å². The summed E-state index contributed by atoms with van der Waals surface area (Å²) in [6.45, 7) is 2.21. The number of ketones is 1. The molecule has 28 heavy (non-hydrogen) atoms. The summed E-state index contributed by atoms with van der Waals surface area (Å²) in [6, 6.07) is 15.4. The van der Waals surface area contributed by atoms with E-state index in [1.54, 1.807) is 24.3 Å². The molecule has 0 N–H and O–H groups in total. The second-order valence-corrected chi connectivity index (χ2v) is 7.84. The Hall–Kier alpha value is -2.36. The number of aryl methyl sites for hydroxylation is 1. The van der Waals surface area contributed by atoms with E-state index in [1.807, 2.05) is 25.1 Å². The average Bonchev–Trinajstić information content (AvgIpc) is 2.67. The van der Waals surface area contributed by atoms with Gasteiger partial charge in [-0.1, -0.05) is 41.4 Å². The van der Waals surface area contributed by atoms with Crippen LogP contribution in [0.15, 0.2) is 54.6 Å². The Morgan fingerprint density at radius 2 is 1.71 bits per heavy atom. The van der Waals surface area contributed by atoms with Crippen LogP contribution in [-0.4, -0.2) is 12.4 Å². The first kappa shape index (κ1) is 19.0. The highest BCUT2D eigenvalue weighted by molar-refractivity contribution is 6.42. The highest BCUT2D eigenvalue weighted by atomic mass is 35.5. The number of fused-ring (bicyclic) bond motifs is 1. The van der Waals surface area contributed by atoms with Crippen LogP contribution in [0.5, 0.6) is 5.75 Å². The summed E-state index contributed by atoms with van der Waals surface area (Å²) in [6.07, 6.45) is 0.523. The van der Waals surface area contributed by atoms with Gasteiger partial charge in [0.15, 0.2) is 5.78 Å². The van der Waals surface area contributed by atoms with E-state index in [4.69, 9.17) is 27.9 Å². The third kappa shape index (κ3) is 3.65. The van der Waals surface area contributed by atoms with Gasteiger partial charge < -0.3 is 4.74 Å². The molecule has 142 valence electrons. The average molecular weight is 415 g/mol. The van der Waals surface area contributed by atoms with Crippen molar-refractivity contribution in [2.75, 3.05) is 6.61 Å². The summed E-state index contributed by atoms with van der Waals surface area (Å²) >= 11 is 12.1. The Balaban J connectivity index is 1.68. The van der Waals surface area contributed by atoms with E-state index in [2.05, 4.69) is 0 Å². The van der Waals surface area contributed by atoms with Crippen molar-refractivity contribution >= 4 is 29.0 Å². The van der Waals surface area contributed by atoms with Crippen LogP contribution < -0.4 is 4.74 Å². The predicted octanol–water partition coefficient (Wildman–Crippen LogP) is 6.54. The van der Waals surface area contributed by atoms with Gasteiger partial charge in [0.2, 0.25) is 0 Å². The standard InChI is InChI=1S/C23H17Cl2FO2/c1-13-8-18(15-3-5-17(26)6-4-15)23-19(9-13)22(27)16(12-28-23)10-14-2-7-20(24)21(25)11-14/h2-9,11,16H,10,12H2,1H3/t16-/m0/s1. The monoisotopic (exact) mass is 414 g/mol. The largest absolute Gasteiger partial charge is 0.491 e. The molecule has 0 saturated carbocycles. The van der Waals surface area contributed by atoms with E-state index in [-0.39, 0.29) is 24.1 Å². The lowest BCUT2D eigenvalue weighted by atomic mass is 9.86. The molecule has 0 fully saturated rings. The van der Waals surface area contributed by atoms with Crippen molar-refractivity contribution in [3.63, 3.8) is 0 Å². The van der Waals surface area contributed by atoms with Gasteiger partial charge in [0, 0.05) is 5.56 Å². The molecule has 3 aromatic carbocycles. The minimum Gasteiger partial charge on any atom is -0.491 e. The molecule has 5 heteroatoms. The van der Waals surface area contributed by atoms with Gasteiger partial charge in [-0.3, -0.25) is 4.79 Å². The molecule has 0 aliphatic carbocycles. The van der Waals surface area contributed by atoms with Crippen molar-refractivity contribution in [2.45, 2.75) is 13.3 Å². The summed E-state index contributed by atoms with van der Waals surface area (Å²) < 4.78 is 19.3. The van der Waals surface area contributed by atoms with Gasteiger partial charge in [0.1, 0.15) is 11.6 Å². The second-order valence-electron chi connectivity index (χ2n) is 7.02. The predicted molar refractivity (Wildman–Crippen MR) is 110 cm³/mol. The number of Topliss-reactive ketones (excluding diaryl/α,β-unsaturated/α-hetero) is 1. The fourth-order valence-corrected chi connectivity index (χ4v) is 3.86. The van der Waals surface area contributed by atoms with Crippen LogP contribution in [0.3, 0.4) is 0 Å². The highest BCUT2D eigenvalue weighted by Gasteiger charge is 2.31. The lowest BCUT2D eigenvalue weighted by Crippen LogP contribution is -2.30. The third-order valence-electron chi connectivity index (χ3n) is 4.92. The van der Waals surface area contributed by atoms with Crippen LogP contribution in [0.2, 0.25) is 10.0 Å². The zero-order chi connectivity index (χ0) is 19.8. The summed E-state index contributed by atoms with van der Waals surface area (Å²) in [5, 5.41) is 0.958. The summed E-state index contributed by atoms with van der Waals surface area (Å²) in [7, 11) is 0. The smallest absolute Gasteiger partial charge is 0.173 e. The number of benzene rings is 3. The van der Waals surface area contributed by atoms with Crippen LogP contribution in [0, 0.1) is 18.7 Å². The lowest BCUT2D eigenvalue weighted by molar-refractivity contribution is 0.0831. The van der Waals surface area contributed by atoms with Gasteiger partial charge in [-0.25, -0.2) is 4.39 Å². The van der Waals surface area contributed by atoms with E-state index >= 15 is 0 Å². The van der Waals surface area contributed by atoms with Crippen LogP contribution in [0.4, 0.5) is 4.39 Å². The Morgan fingerprint density at radius 1 is 1.00 bits per heavy atom. The van der Waals surface area contributed by atoms with Gasteiger partial charge in [0.05, 0.1) is 28.1 Å². The van der Waals surface area contributed by atoms with E-state index in [9.17, 15) is 9.18 Å². The van der Waals surface area contributed by atoms with Crippen LogP contribution in [0.25, 0.3) is 11.1 Å². The molecule has 0 aromatic heterocycles. The molecule has 0 amide bonds. The molecule has 1 aliphatic rings. The van der Waals surface area contributed by atoms with Crippen LogP contribution in [-0.2, 0) is 6.42 Å². The normalized spacial score (nSPS) is 15.9. The minimum atomic E-state index is -0.302. The Labute approximate surface area is 172 Å². The molecule has 1 aliphatic heterocycles. The number of hydrogen-bond donors (Lipinski definition) is 0. The highest BCUT2D eigenvalue weighted by Crippen LogP contribution is 2.39. The van der Waals surface area contributed by atoms with Crippen molar-refractivity contribution in [1.82, 2.24) is 0 Å². The van der Waals surface area contributed by atoms with Crippen molar-refractivity contribution in [3.05, 3.63) is 87.2 Å². The van der Waals surface area contributed by atoms with Gasteiger partial charge in [-0.2, -0.15) is 0 Å². The summed E-state index contributed by atoms with van der Waals surface area (Å²) in [5.41, 5.74) is 4.07. The molecule has 3 aromatic rings. The molecule has 0 bridgehead atoms. The van der Waals surface area contributed by atoms with Gasteiger partial charge in [0.25, 0.3) is 0 Å². The molecule has 2 nitrogen and oxygen atoms in total. The first-order chi connectivity index (χ1) is 13.4. The van der Waals surface area contributed by atoms with Gasteiger partial charge in [-0.15, -0.1) is 0 Å². The van der Waals surface area contributed by atoms with E-state index in [0.29, 0.717) is 27.8 Å². The number of ether oxygens (including phenoxy) is 1. The molecule has 0 saturated heterocycles. The maximum atomic E-state index is 13.3. The third-order valence-corrected chi connectivity index (χ3v) is 5.66. The maximum Gasteiger partial charge on any atom is 0.173 e. The number of carbonyl (C=O) groups excluding carboxylic acids is 1. The first-order valence-electron chi connectivity index (χ1n) is 8.94. The molecule has 4 rings (SSSR count). The van der Waals surface area contributed by atoms with Crippen molar-refractivity contribution in [2.24, 2.45) is 5.92 Å². The zero-order valence-electron chi connectivity index (χ0n) is 15.1. The fourth-order valence-electron chi connectivity index (χ4n) is 3.54. The Kier molecular flexibility index (Phi) is 5.13. The van der Waals surface area contributed by atoms with E-state index in [0.717, 1.165) is 22.3 Å². The number of carbonyl (C=O) groups is 1. The minimum absolute atomic E-state index is 0.0411. The first-order valence-corrected chi connectivity index (χ1v) is 9.69. The SMILES string of the molecule is Cc1cc2c(c(-c3ccc(F)cc3)c1)OC[C@H](Cc1ccc(Cl)c(Cl)c1)C2=O. The van der Waals surface area contributed by atoms with Gasteiger partial charge >= 0.3 is 0 Å².